The zero-order valence-corrected chi connectivity index (χ0v) is 11.5. The summed E-state index contributed by atoms with van der Waals surface area (Å²) in [6.45, 7) is 2.34. The Hall–Kier alpha value is -1.49. The Morgan fingerprint density at radius 2 is 2.00 bits per heavy atom. The highest BCUT2D eigenvalue weighted by Gasteiger charge is 2.26. The molecule has 0 radical (unpaired) electrons. The molecule has 0 aliphatic heterocycles. The number of nitrogens with zero attached hydrogens (tertiary/aromatic N) is 1. The van der Waals surface area contributed by atoms with E-state index in [9.17, 15) is 13.2 Å². The summed E-state index contributed by atoms with van der Waals surface area (Å²) >= 11 is 0. The van der Waals surface area contributed by atoms with Crippen molar-refractivity contribution in [3.05, 3.63) is 36.0 Å². The largest absolute Gasteiger partial charge is 0.389 e. The Morgan fingerprint density at radius 3 is 2.65 bits per heavy atom. The van der Waals surface area contributed by atoms with E-state index in [2.05, 4.69) is 6.07 Å². The number of hydrogen-bond donors (Lipinski definition) is 1. The molecule has 1 aromatic carbocycles. The molecule has 0 spiro atoms. The molecule has 0 fully saturated rings. The first kappa shape index (κ1) is 14.9. The lowest BCUT2D eigenvalue weighted by Gasteiger charge is -2.09. The molecule has 20 heavy (non-hydrogen) atoms. The van der Waals surface area contributed by atoms with Crippen LogP contribution >= 0.6 is 0 Å². The van der Waals surface area contributed by atoms with E-state index in [-0.39, 0.29) is 12.5 Å². The van der Waals surface area contributed by atoms with Crippen LogP contribution in [0.3, 0.4) is 0 Å². The number of fused-ring (bicyclic) bond motifs is 1. The average Bonchev–Trinajstić information content (AvgIpc) is 2.69. The van der Waals surface area contributed by atoms with Crippen molar-refractivity contribution in [2.75, 3.05) is 0 Å². The van der Waals surface area contributed by atoms with Crippen molar-refractivity contribution in [2.45, 2.75) is 44.9 Å². The van der Waals surface area contributed by atoms with E-state index in [1.165, 1.54) is 0 Å². The molecule has 0 aliphatic rings. The summed E-state index contributed by atoms with van der Waals surface area (Å²) in [5.74, 6) is 0. The molecular weight excluding hydrogens is 265 g/mol. The number of hydrogen-bond acceptors (Lipinski definition) is 1. The van der Waals surface area contributed by atoms with Gasteiger partial charge in [-0.05, 0) is 48.9 Å². The van der Waals surface area contributed by atoms with Crippen molar-refractivity contribution in [1.29, 1.82) is 0 Å². The van der Waals surface area contributed by atoms with Gasteiger partial charge >= 0.3 is 6.18 Å². The SMILES string of the molecule is CC(N)Cc1ccc2c(ccn2CCCC(F)(F)F)c1. The van der Waals surface area contributed by atoms with Crippen molar-refractivity contribution in [3.63, 3.8) is 0 Å². The summed E-state index contributed by atoms with van der Waals surface area (Å²) in [6, 6.07) is 8.04. The van der Waals surface area contributed by atoms with Crippen LogP contribution in [0, 0.1) is 0 Å². The number of aromatic nitrogens is 1. The highest BCUT2D eigenvalue weighted by atomic mass is 19.4. The maximum Gasteiger partial charge on any atom is 0.389 e. The minimum Gasteiger partial charge on any atom is -0.347 e. The van der Waals surface area contributed by atoms with Gasteiger partial charge in [0.05, 0.1) is 0 Å². The molecular formula is C15H19F3N2. The molecule has 1 atom stereocenters. The van der Waals surface area contributed by atoms with Crippen LogP contribution in [-0.2, 0) is 13.0 Å². The predicted octanol–water partition coefficient (Wildman–Crippen LogP) is 3.87. The molecule has 1 aromatic heterocycles. The van der Waals surface area contributed by atoms with Crippen LogP contribution < -0.4 is 5.73 Å². The number of nitrogens with two attached hydrogens (primary N) is 1. The molecule has 0 bridgehead atoms. The van der Waals surface area contributed by atoms with Gasteiger partial charge in [-0.2, -0.15) is 13.2 Å². The number of aryl methyl sites for hydroxylation is 1. The maximum atomic E-state index is 12.2. The molecule has 2 N–H and O–H groups in total. The Bertz CT molecular complexity index is 570. The minimum absolute atomic E-state index is 0.0984. The summed E-state index contributed by atoms with van der Waals surface area (Å²) in [5.41, 5.74) is 7.89. The first-order valence-electron chi connectivity index (χ1n) is 6.75. The molecule has 2 aromatic rings. The standard InChI is InChI=1S/C15H19F3N2/c1-11(19)9-12-3-4-14-13(10-12)5-8-20(14)7-2-6-15(16,17)18/h3-5,8,10-11H,2,6-7,9,19H2,1H3. The Kier molecular flexibility index (Phi) is 4.38. The molecule has 1 unspecified atom stereocenters. The van der Waals surface area contributed by atoms with Crippen molar-refractivity contribution >= 4 is 10.9 Å². The predicted molar refractivity (Wildman–Crippen MR) is 74.6 cm³/mol. The summed E-state index contributed by atoms with van der Waals surface area (Å²) in [7, 11) is 0. The van der Waals surface area contributed by atoms with Crippen molar-refractivity contribution in [3.8, 4) is 0 Å². The first-order chi connectivity index (χ1) is 9.35. The summed E-state index contributed by atoms with van der Waals surface area (Å²) in [5, 5.41) is 1.05. The van der Waals surface area contributed by atoms with E-state index < -0.39 is 12.6 Å². The van der Waals surface area contributed by atoms with Crippen LogP contribution in [0.5, 0.6) is 0 Å². The van der Waals surface area contributed by atoms with Gasteiger partial charge in [-0.25, -0.2) is 0 Å². The minimum atomic E-state index is -4.08. The molecule has 2 rings (SSSR count). The smallest absolute Gasteiger partial charge is 0.347 e. The average molecular weight is 284 g/mol. The third-order valence-electron chi connectivity index (χ3n) is 3.25. The van der Waals surface area contributed by atoms with E-state index in [0.717, 1.165) is 22.9 Å². The molecule has 0 saturated heterocycles. The zero-order valence-electron chi connectivity index (χ0n) is 11.5. The van der Waals surface area contributed by atoms with Gasteiger partial charge < -0.3 is 10.3 Å². The van der Waals surface area contributed by atoms with E-state index in [0.29, 0.717) is 6.54 Å². The van der Waals surface area contributed by atoms with Crippen LogP contribution in [0.1, 0.15) is 25.3 Å². The molecule has 1 heterocycles. The lowest BCUT2D eigenvalue weighted by atomic mass is 10.1. The van der Waals surface area contributed by atoms with Crippen LogP contribution in [0.4, 0.5) is 13.2 Å². The summed E-state index contributed by atoms with van der Waals surface area (Å²) < 4.78 is 38.3. The van der Waals surface area contributed by atoms with E-state index in [1.54, 1.807) is 0 Å². The number of alkyl halides is 3. The monoisotopic (exact) mass is 284 g/mol. The first-order valence-corrected chi connectivity index (χ1v) is 6.75. The van der Waals surface area contributed by atoms with Crippen molar-refractivity contribution in [2.24, 2.45) is 5.73 Å². The van der Waals surface area contributed by atoms with Crippen LogP contribution in [0.25, 0.3) is 10.9 Å². The fourth-order valence-electron chi connectivity index (χ4n) is 2.39. The molecule has 0 aliphatic carbocycles. The summed E-state index contributed by atoms with van der Waals surface area (Å²) in [6.07, 6.45) is -2.07. The van der Waals surface area contributed by atoms with E-state index >= 15 is 0 Å². The molecule has 5 heteroatoms. The molecule has 2 nitrogen and oxygen atoms in total. The van der Waals surface area contributed by atoms with Crippen LogP contribution in [0.2, 0.25) is 0 Å². The second-order valence-electron chi connectivity index (χ2n) is 5.30. The normalized spacial score (nSPS) is 13.8. The van der Waals surface area contributed by atoms with Crippen molar-refractivity contribution < 1.29 is 13.2 Å². The van der Waals surface area contributed by atoms with Gasteiger partial charge in [-0.1, -0.05) is 6.07 Å². The van der Waals surface area contributed by atoms with Gasteiger partial charge in [0, 0.05) is 30.7 Å². The molecule has 110 valence electrons. The Labute approximate surface area is 116 Å². The number of halogens is 3. The highest BCUT2D eigenvalue weighted by molar-refractivity contribution is 5.80. The third kappa shape index (κ3) is 4.00. The lowest BCUT2D eigenvalue weighted by molar-refractivity contribution is -0.135. The van der Waals surface area contributed by atoms with E-state index in [4.69, 9.17) is 5.73 Å². The fourth-order valence-corrected chi connectivity index (χ4v) is 2.39. The molecule has 0 amide bonds. The number of benzene rings is 1. The van der Waals surface area contributed by atoms with Gasteiger partial charge in [0.25, 0.3) is 0 Å². The van der Waals surface area contributed by atoms with Gasteiger partial charge in [-0.3, -0.25) is 0 Å². The highest BCUT2D eigenvalue weighted by Crippen LogP contribution is 2.23. The van der Waals surface area contributed by atoms with Gasteiger partial charge in [0.15, 0.2) is 0 Å². The fraction of sp³-hybridized carbons (Fsp3) is 0.467. The molecule has 0 saturated carbocycles. The second kappa shape index (κ2) is 5.87. The second-order valence-corrected chi connectivity index (χ2v) is 5.30. The Morgan fingerprint density at radius 1 is 1.25 bits per heavy atom. The van der Waals surface area contributed by atoms with Gasteiger partial charge in [0.1, 0.15) is 0 Å². The Balaban J connectivity index is 2.08. The zero-order chi connectivity index (χ0) is 14.8. The lowest BCUT2D eigenvalue weighted by Crippen LogP contribution is -2.17. The van der Waals surface area contributed by atoms with Gasteiger partial charge in [-0.15, -0.1) is 0 Å². The number of rotatable bonds is 5. The topological polar surface area (TPSA) is 30.9 Å². The third-order valence-corrected chi connectivity index (χ3v) is 3.25. The van der Waals surface area contributed by atoms with Crippen LogP contribution in [-0.4, -0.2) is 16.8 Å². The quantitative estimate of drug-likeness (QED) is 0.887. The van der Waals surface area contributed by atoms with E-state index in [1.807, 2.05) is 35.9 Å². The summed E-state index contributed by atoms with van der Waals surface area (Å²) in [4.78, 5) is 0. The van der Waals surface area contributed by atoms with Gasteiger partial charge in [0.2, 0.25) is 0 Å². The maximum absolute atomic E-state index is 12.2. The van der Waals surface area contributed by atoms with Crippen LogP contribution in [0.15, 0.2) is 30.5 Å². The van der Waals surface area contributed by atoms with Crippen molar-refractivity contribution in [1.82, 2.24) is 4.57 Å².